The van der Waals surface area contributed by atoms with Gasteiger partial charge in [-0.15, -0.1) is 0 Å². The molecule has 14 heavy (non-hydrogen) atoms. The Morgan fingerprint density at radius 3 is 1.71 bits per heavy atom. The highest BCUT2D eigenvalue weighted by Crippen LogP contribution is 2.20. The molecule has 0 atom stereocenters. The molecule has 0 aromatic heterocycles. The lowest BCUT2D eigenvalue weighted by atomic mass is 10.4. The van der Waals surface area contributed by atoms with Crippen molar-refractivity contribution in [3.8, 4) is 0 Å². The maximum atomic E-state index is 8.35. The first-order valence-electron chi connectivity index (χ1n) is 3.11. The molecule has 0 amide bonds. The molecule has 6 heteroatoms. The van der Waals surface area contributed by atoms with Gasteiger partial charge in [0.1, 0.15) is 0 Å². The molecular weight excluding hydrogens is 271 g/mol. The Morgan fingerprint density at radius 2 is 1.50 bits per heavy atom. The van der Waals surface area contributed by atoms with Crippen molar-refractivity contribution in [3.05, 3.63) is 33.8 Å². The largest absolute Gasteiger partial charge is 0.231 e. The van der Waals surface area contributed by atoms with Gasteiger partial charge in [-0.3, -0.25) is 0 Å². The smallest absolute Gasteiger partial charge is 0.222 e. The van der Waals surface area contributed by atoms with Crippen molar-refractivity contribution >= 4 is 39.7 Å². The molecule has 0 aliphatic heterocycles. The van der Waals surface area contributed by atoms with Gasteiger partial charge >= 0.3 is 0 Å². The van der Waals surface area contributed by atoms with E-state index in [0.717, 1.165) is 21.7 Å². The highest BCUT2D eigenvalue weighted by atomic mass is 79.9. The quantitative estimate of drug-likeness (QED) is 0.564. The third-order valence-electron chi connectivity index (χ3n) is 0.824. The van der Waals surface area contributed by atoms with Crippen LogP contribution in [0.15, 0.2) is 28.7 Å². The van der Waals surface area contributed by atoms with E-state index in [9.17, 15) is 0 Å². The standard InChI is InChI=1S/C6H4BrCl.2CHNO/c7-5-3-1-2-4-6(5)8;2*2-1-3/h1-4H;2*2H. The molecule has 0 unspecified atom stereocenters. The van der Waals surface area contributed by atoms with Gasteiger partial charge in [0, 0.05) is 4.47 Å². The van der Waals surface area contributed by atoms with Gasteiger partial charge in [0.15, 0.2) is 0 Å². The van der Waals surface area contributed by atoms with Crippen molar-refractivity contribution in [1.82, 2.24) is 0 Å². The molecule has 0 fully saturated rings. The molecule has 74 valence electrons. The molecule has 0 aliphatic carbocycles. The van der Waals surface area contributed by atoms with Crippen molar-refractivity contribution in [1.29, 1.82) is 10.8 Å². The van der Waals surface area contributed by atoms with E-state index in [0.29, 0.717) is 0 Å². The van der Waals surface area contributed by atoms with Crippen molar-refractivity contribution in [2.24, 2.45) is 0 Å². The van der Waals surface area contributed by atoms with Gasteiger partial charge in [0.05, 0.1) is 5.02 Å². The zero-order chi connectivity index (χ0) is 11.4. The first-order chi connectivity index (χ1) is 6.63. The number of benzene rings is 1. The first-order valence-corrected chi connectivity index (χ1v) is 4.28. The van der Waals surface area contributed by atoms with Crippen LogP contribution in [-0.4, -0.2) is 12.2 Å². The Kier molecular flexibility index (Phi) is 12.8. The van der Waals surface area contributed by atoms with E-state index in [1.807, 2.05) is 24.3 Å². The predicted octanol–water partition coefficient (Wildman–Crippen LogP) is 2.90. The number of hydrogen-bond acceptors (Lipinski definition) is 4. The molecule has 0 aliphatic rings. The number of halogens is 2. The van der Waals surface area contributed by atoms with Crippen LogP contribution >= 0.6 is 27.5 Å². The summed E-state index contributed by atoms with van der Waals surface area (Å²) in [6.45, 7) is 0. The summed E-state index contributed by atoms with van der Waals surface area (Å²) in [4.78, 5) is 16.7. The normalized spacial score (nSPS) is 6.43. The van der Waals surface area contributed by atoms with Crippen LogP contribution in [0.2, 0.25) is 5.02 Å². The highest BCUT2D eigenvalue weighted by molar-refractivity contribution is 9.10. The summed E-state index contributed by atoms with van der Waals surface area (Å²) in [5.74, 6) is 0. The van der Waals surface area contributed by atoms with E-state index in [-0.39, 0.29) is 0 Å². The maximum absolute atomic E-state index is 8.35. The van der Waals surface area contributed by atoms with Gasteiger partial charge in [0.2, 0.25) is 12.2 Å². The molecule has 0 heterocycles. The second-order valence-corrected chi connectivity index (χ2v) is 2.88. The topological polar surface area (TPSA) is 81.8 Å². The van der Waals surface area contributed by atoms with E-state index in [1.165, 1.54) is 0 Å². The van der Waals surface area contributed by atoms with Crippen LogP contribution in [0.25, 0.3) is 0 Å². The van der Waals surface area contributed by atoms with Gasteiger partial charge in [-0.1, -0.05) is 23.7 Å². The summed E-state index contributed by atoms with van der Waals surface area (Å²) in [5.41, 5.74) is 0. The predicted molar refractivity (Wildman–Crippen MR) is 56.0 cm³/mol. The van der Waals surface area contributed by atoms with Crippen molar-refractivity contribution in [3.63, 3.8) is 0 Å². The molecule has 0 bridgehead atoms. The van der Waals surface area contributed by atoms with E-state index < -0.39 is 0 Å². The minimum Gasteiger partial charge on any atom is -0.222 e. The van der Waals surface area contributed by atoms with Gasteiger partial charge in [-0.05, 0) is 28.1 Å². The number of rotatable bonds is 0. The molecule has 0 spiro atoms. The maximum Gasteiger partial charge on any atom is 0.231 e. The fourth-order valence-electron chi connectivity index (χ4n) is 0.439. The molecule has 0 radical (unpaired) electrons. The van der Waals surface area contributed by atoms with Crippen molar-refractivity contribution in [2.75, 3.05) is 0 Å². The fourth-order valence-corrected chi connectivity index (χ4v) is 0.860. The second kappa shape index (κ2) is 11.8. The van der Waals surface area contributed by atoms with Crippen molar-refractivity contribution in [2.45, 2.75) is 0 Å². The van der Waals surface area contributed by atoms with Crippen LogP contribution in [0.5, 0.6) is 0 Å². The molecule has 0 saturated heterocycles. The minimum absolute atomic E-state index is 0.750. The molecular formula is C8H6BrClN2O2. The highest BCUT2D eigenvalue weighted by Gasteiger charge is 1.88. The van der Waals surface area contributed by atoms with E-state index in [2.05, 4.69) is 15.9 Å². The molecule has 1 aromatic rings. The molecule has 1 rings (SSSR count). The summed E-state index contributed by atoms with van der Waals surface area (Å²) in [7, 11) is 0. The van der Waals surface area contributed by atoms with Gasteiger partial charge in [-0.25, -0.2) is 20.4 Å². The third kappa shape index (κ3) is 10.8. The Morgan fingerprint density at radius 1 is 1.14 bits per heavy atom. The summed E-state index contributed by atoms with van der Waals surface area (Å²) in [5, 5.41) is 11.6. The molecule has 4 nitrogen and oxygen atoms in total. The first kappa shape index (κ1) is 15.2. The summed E-state index contributed by atoms with van der Waals surface area (Å²) >= 11 is 8.93. The van der Waals surface area contributed by atoms with Crippen LogP contribution in [0.4, 0.5) is 0 Å². The average molecular weight is 278 g/mol. The summed E-state index contributed by atoms with van der Waals surface area (Å²) in [6.07, 6.45) is 1.50. The Balaban J connectivity index is 0. The Bertz CT molecular complexity index is 299. The molecule has 2 N–H and O–H groups in total. The SMILES string of the molecule is Clc1ccccc1Br.N=C=O.N=C=O. The van der Waals surface area contributed by atoms with Gasteiger partial charge in [-0.2, -0.15) is 0 Å². The third-order valence-corrected chi connectivity index (χ3v) is 2.07. The Hall–Kier alpha value is -1.25. The zero-order valence-electron chi connectivity index (χ0n) is 6.88. The van der Waals surface area contributed by atoms with E-state index >= 15 is 0 Å². The van der Waals surface area contributed by atoms with Crippen LogP contribution in [0, 0.1) is 10.8 Å². The van der Waals surface area contributed by atoms with Gasteiger partial charge in [0.25, 0.3) is 0 Å². The monoisotopic (exact) mass is 276 g/mol. The zero-order valence-corrected chi connectivity index (χ0v) is 9.22. The molecule has 0 saturated carbocycles. The summed E-state index contributed by atoms with van der Waals surface area (Å²) < 4.78 is 0.946. The van der Waals surface area contributed by atoms with Crippen LogP contribution in [0.3, 0.4) is 0 Å². The number of isocyanates is 2. The van der Waals surface area contributed by atoms with Crippen molar-refractivity contribution < 1.29 is 9.59 Å². The molecule has 1 aromatic carbocycles. The lowest BCUT2D eigenvalue weighted by Gasteiger charge is -1.88. The second-order valence-electron chi connectivity index (χ2n) is 1.62. The summed E-state index contributed by atoms with van der Waals surface area (Å²) in [6, 6.07) is 7.57. The lowest BCUT2D eigenvalue weighted by molar-refractivity contribution is 0.562. The average Bonchev–Trinajstić information content (AvgIpc) is 2.13. The van der Waals surface area contributed by atoms with E-state index in [4.69, 9.17) is 32.0 Å². The number of hydrogen-bond donors (Lipinski definition) is 2. The van der Waals surface area contributed by atoms with Gasteiger partial charge < -0.3 is 0 Å². The van der Waals surface area contributed by atoms with Crippen LogP contribution < -0.4 is 0 Å². The van der Waals surface area contributed by atoms with Crippen LogP contribution in [-0.2, 0) is 9.59 Å². The number of carbonyl (C=O) groups excluding carboxylic acids is 2. The van der Waals surface area contributed by atoms with Crippen LogP contribution in [0.1, 0.15) is 0 Å². The fraction of sp³-hybridized carbons (Fsp3) is 0. The Labute approximate surface area is 94.0 Å². The minimum atomic E-state index is 0.750. The lowest BCUT2D eigenvalue weighted by Crippen LogP contribution is -1.62. The number of nitrogens with one attached hydrogen (secondary N) is 2. The van der Waals surface area contributed by atoms with E-state index in [1.54, 1.807) is 0 Å².